The van der Waals surface area contributed by atoms with Gasteiger partial charge < -0.3 is 24.7 Å². The average Bonchev–Trinajstić information content (AvgIpc) is 3.13. The first-order valence-corrected chi connectivity index (χ1v) is 8.49. The van der Waals surface area contributed by atoms with Gasteiger partial charge in [-0.1, -0.05) is 6.92 Å². The molecule has 6 heteroatoms. The van der Waals surface area contributed by atoms with E-state index in [2.05, 4.69) is 17.6 Å². The number of amides is 2. The number of urea groups is 1. The van der Waals surface area contributed by atoms with Crippen molar-refractivity contribution in [1.82, 2.24) is 15.2 Å². The second kappa shape index (κ2) is 6.93. The topological polar surface area (TPSA) is 64.5 Å². The van der Waals surface area contributed by atoms with Crippen LogP contribution in [0.4, 0.5) is 4.79 Å². The van der Waals surface area contributed by atoms with E-state index in [9.17, 15) is 4.79 Å². The molecule has 1 aromatic rings. The molecule has 2 heterocycles. The third kappa shape index (κ3) is 4.26. The molecule has 1 saturated carbocycles. The average molecular weight is 321 g/mol. The zero-order chi connectivity index (χ0) is 16.3. The highest BCUT2D eigenvalue weighted by Crippen LogP contribution is 2.39. The molecule has 3 rings (SSSR count). The van der Waals surface area contributed by atoms with Gasteiger partial charge in [-0.25, -0.2) is 4.79 Å². The molecule has 0 bridgehead atoms. The summed E-state index contributed by atoms with van der Waals surface area (Å²) in [6, 6.07) is 1.82. The Hall–Kier alpha value is -1.53. The van der Waals surface area contributed by atoms with Crippen LogP contribution in [0.15, 0.2) is 18.5 Å². The molecule has 1 aliphatic heterocycles. The van der Waals surface area contributed by atoms with Crippen LogP contribution < -0.4 is 10.6 Å². The number of hydrogen-bond acceptors (Lipinski definition) is 3. The predicted molar refractivity (Wildman–Crippen MR) is 86.8 cm³/mol. The minimum atomic E-state index is -0.390. The summed E-state index contributed by atoms with van der Waals surface area (Å²) in [6.45, 7) is 3.85. The minimum absolute atomic E-state index is 0.0501. The number of ether oxygens (including phenoxy) is 2. The van der Waals surface area contributed by atoms with Crippen LogP contribution in [-0.2, 0) is 23.1 Å². The van der Waals surface area contributed by atoms with Gasteiger partial charge in [0.2, 0.25) is 0 Å². The molecule has 2 N–H and O–H groups in total. The molecule has 6 nitrogen and oxygen atoms in total. The molecule has 1 spiro atoms. The Kier molecular flexibility index (Phi) is 4.92. The molecule has 2 amide bonds. The van der Waals surface area contributed by atoms with Crippen molar-refractivity contribution in [2.24, 2.45) is 13.0 Å². The zero-order valence-corrected chi connectivity index (χ0v) is 14.0. The normalized spacial score (nSPS) is 30.5. The molecule has 23 heavy (non-hydrogen) atoms. The summed E-state index contributed by atoms with van der Waals surface area (Å²) in [7, 11) is 1.96. The highest BCUT2D eigenvalue weighted by molar-refractivity contribution is 5.73. The third-order valence-electron chi connectivity index (χ3n) is 4.79. The summed E-state index contributed by atoms with van der Waals surface area (Å²) in [5.74, 6) is 0.369. The predicted octanol–water partition coefficient (Wildman–Crippen LogP) is 2.15. The first-order valence-electron chi connectivity index (χ1n) is 8.49. The van der Waals surface area contributed by atoms with E-state index in [0.717, 1.165) is 37.2 Å². The number of aromatic nitrogens is 1. The van der Waals surface area contributed by atoms with Crippen LogP contribution in [0.1, 0.15) is 38.2 Å². The van der Waals surface area contributed by atoms with Crippen molar-refractivity contribution in [2.75, 3.05) is 13.2 Å². The van der Waals surface area contributed by atoms with Gasteiger partial charge in [0.15, 0.2) is 5.79 Å². The van der Waals surface area contributed by atoms with Gasteiger partial charge >= 0.3 is 6.03 Å². The standard InChI is InChI=1S/C17H27N3O3/c1-13-3-6-17(7-4-13)22-12-15(23-17)10-19-16(21)18-9-14-5-8-20(2)11-14/h5,8,11,13,15H,3-4,6-7,9-10,12H2,1-2H3,(H2,18,19,21). The largest absolute Gasteiger partial charge is 0.357 e. The molecule has 1 aromatic heterocycles. The number of aryl methyl sites for hydroxylation is 1. The van der Waals surface area contributed by atoms with Crippen molar-refractivity contribution < 1.29 is 14.3 Å². The maximum atomic E-state index is 11.9. The smallest absolute Gasteiger partial charge is 0.315 e. The van der Waals surface area contributed by atoms with E-state index < -0.39 is 0 Å². The third-order valence-corrected chi connectivity index (χ3v) is 4.79. The molecule has 2 aliphatic rings. The first kappa shape index (κ1) is 16.3. The van der Waals surface area contributed by atoms with Crippen molar-refractivity contribution in [3.8, 4) is 0 Å². The lowest BCUT2D eigenvalue weighted by Gasteiger charge is -2.34. The van der Waals surface area contributed by atoms with Crippen LogP contribution in [0.3, 0.4) is 0 Å². The maximum absolute atomic E-state index is 11.9. The lowest BCUT2D eigenvalue weighted by atomic mass is 9.86. The summed E-state index contributed by atoms with van der Waals surface area (Å²) in [4.78, 5) is 11.9. The van der Waals surface area contributed by atoms with Crippen LogP contribution in [0, 0.1) is 5.92 Å². The van der Waals surface area contributed by atoms with Crippen molar-refractivity contribution in [3.63, 3.8) is 0 Å². The van der Waals surface area contributed by atoms with Crippen LogP contribution >= 0.6 is 0 Å². The fourth-order valence-electron chi connectivity index (χ4n) is 3.30. The van der Waals surface area contributed by atoms with Crippen molar-refractivity contribution in [3.05, 3.63) is 24.0 Å². The summed E-state index contributed by atoms with van der Waals surface area (Å²) in [5, 5.41) is 5.72. The number of nitrogens with one attached hydrogen (secondary N) is 2. The lowest BCUT2D eigenvalue weighted by molar-refractivity contribution is -0.191. The van der Waals surface area contributed by atoms with Crippen LogP contribution in [0.2, 0.25) is 0 Å². The maximum Gasteiger partial charge on any atom is 0.315 e. The lowest BCUT2D eigenvalue weighted by Crippen LogP contribution is -2.41. The van der Waals surface area contributed by atoms with Crippen LogP contribution in [0.25, 0.3) is 0 Å². The van der Waals surface area contributed by atoms with Gasteiger partial charge in [-0.05, 0) is 30.4 Å². The van der Waals surface area contributed by atoms with E-state index in [0.29, 0.717) is 19.7 Å². The number of carbonyl (C=O) groups excluding carboxylic acids is 1. The Morgan fingerprint density at radius 1 is 1.39 bits per heavy atom. The molecule has 0 aromatic carbocycles. The SMILES string of the molecule is CC1CCC2(CC1)OCC(CNC(=O)NCc1ccn(C)c1)O2. The fraction of sp³-hybridized carbons (Fsp3) is 0.706. The molecule has 1 aliphatic carbocycles. The Morgan fingerprint density at radius 3 is 2.87 bits per heavy atom. The highest BCUT2D eigenvalue weighted by atomic mass is 16.7. The van der Waals surface area contributed by atoms with Crippen molar-refractivity contribution in [2.45, 2.75) is 51.0 Å². The van der Waals surface area contributed by atoms with Gasteiger partial charge in [0.25, 0.3) is 0 Å². The molecule has 2 fully saturated rings. The van der Waals surface area contributed by atoms with E-state index in [4.69, 9.17) is 9.47 Å². The number of nitrogens with zero attached hydrogens (tertiary/aromatic N) is 1. The van der Waals surface area contributed by atoms with Gasteiger partial charge in [0.1, 0.15) is 6.10 Å². The molecule has 128 valence electrons. The van der Waals surface area contributed by atoms with Gasteiger partial charge in [0, 0.05) is 45.4 Å². The highest BCUT2D eigenvalue weighted by Gasteiger charge is 2.43. The molecular weight excluding hydrogens is 294 g/mol. The molecular formula is C17H27N3O3. The Bertz CT molecular complexity index is 535. The first-order chi connectivity index (χ1) is 11.0. The molecule has 0 radical (unpaired) electrons. The number of rotatable bonds is 4. The summed E-state index contributed by atoms with van der Waals surface area (Å²) in [6.07, 6.45) is 8.13. The van der Waals surface area contributed by atoms with Crippen molar-refractivity contribution >= 4 is 6.03 Å². The molecule has 1 atom stereocenters. The molecule has 1 unspecified atom stereocenters. The number of hydrogen-bond donors (Lipinski definition) is 2. The van der Waals surface area contributed by atoms with Gasteiger partial charge in [-0.2, -0.15) is 0 Å². The monoisotopic (exact) mass is 321 g/mol. The van der Waals surface area contributed by atoms with E-state index in [1.807, 2.05) is 30.1 Å². The van der Waals surface area contributed by atoms with E-state index >= 15 is 0 Å². The van der Waals surface area contributed by atoms with Gasteiger partial charge in [-0.15, -0.1) is 0 Å². The summed E-state index contributed by atoms with van der Waals surface area (Å²) >= 11 is 0. The van der Waals surface area contributed by atoms with Crippen LogP contribution in [0.5, 0.6) is 0 Å². The van der Waals surface area contributed by atoms with E-state index in [-0.39, 0.29) is 17.9 Å². The minimum Gasteiger partial charge on any atom is -0.357 e. The van der Waals surface area contributed by atoms with Gasteiger partial charge in [0.05, 0.1) is 6.61 Å². The fourth-order valence-corrected chi connectivity index (χ4v) is 3.30. The van der Waals surface area contributed by atoms with Crippen molar-refractivity contribution in [1.29, 1.82) is 0 Å². The summed E-state index contributed by atoms with van der Waals surface area (Å²) < 4.78 is 14.0. The van der Waals surface area contributed by atoms with Crippen LogP contribution in [-0.4, -0.2) is 35.6 Å². The Labute approximate surface area is 137 Å². The second-order valence-electron chi connectivity index (χ2n) is 6.89. The number of carbonyl (C=O) groups is 1. The zero-order valence-electron chi connectivity index (χ0n) is 14.0. The Morgan fingerprint density at radius 2 is 2.17 bits per heavy atom. The second-order valence-corrected chi connectivity index (χ2v) is 6.89. The molecule has 1 saturated heterocycles. The van der Waals surface area contributed by atoms with E-state index in [1.54, 1.807) is 0 Å². The summed E-state index contributed by atoms with van der Waals surface area (Å²) in [5.41, 5.74) is 1.08. The quantitative estimate of drug-likeness (QED) is 0.893. The van der Waals surface area contributed by atoms with E-state index in [1.165, 1.54) is 0 Å². The van der Waals surface area contributed by atoms with Gasteiger partial charge in [-0.3, -0.25) is 0 Å². The Balaban J connectivity index is 1.36.